The number of aryl methyl sites for hydroxylation is 1. The molecule has 2 rings (SSSR count). The predicted molar refractivity (Wildman–Crippen MR) is 79.9 cm³/mol. The summed E-state index contributed by atoms with van der Waals surface area (Å²) < 4.78 is 56.2. The molecule has 5 nitrogen and oxygen atoms in total. The molecule has 0 saturated carbocycles. The van der Waals surface area contributed by atoms with Gasteiger partial charge < -0.3 is 10.5 Å². The standard InChI is InChI=1S/C15H16F4N4O/c1-23-14(21-13(22-23)6-15(17,18)19)11-2-4-12(5-3-11)24-9-10(7-16)8-20/h2-5,7H,6,8-9,20H2,1H3/b10-7-. The van der Waals surface area contributed by atoms with E-state index in [-0.39, 0.29) is 19.0 Å². The summed E-state index contributed by atoms with van der Waals surface area (Å²) in [6.07, 6.45) is -5.14. The van der Waals surface area contributed by atoms with Crippen LogP contribution in [-0.2, 0) is 13.5 Å². The Hall–Kier alpha value is -2.42. The summed E-state index contributed by atoms with van der Waals surface area (Å²) in [4.78, 5) is 3.91. The summed E-state index contributed by atoms with van der Waals surface area (Å²) in [7, 11) is 1.52. The minimum Gasteiger partial charge on any atom is -0.489 e. The molecule has 1 aromatic heterocycles. The zero-order valence-electron chi connectivity index (χ0n) is 12.8. The number of hydrogen-bond donors (Lipinski definition) is 1. The van der Waals surface area contributed by atoms with Crippen LogP contribution in [0.2, 0.25) is 0 Å². The molecule has 0 saturated heterocycles. The zero-order chi connectivity index (χ0) is 17.7. The summed E-state index contributed by atoms with van der Waals surface area (Å²) in [5, 5.41) is 3.77. The van der Waals surface area contributed by atoms with Gasteiger partial charge >= 0.3 is 6.18 Å². The zero-order valence-corrected chi connectivity index (χ0v) is 12.8. The Kier molecular flexibility index (Phi) is 5.55. The van der Waals surface area contributed by atoms with Crippen LogP contribution in [0.1, 0.15) is 5.82 Å². The van der Waals surface area contributed by atoms with Gasteiger partial charge in [0.2, 0.25) is 0 Å². The molecule has 1 aromatic carbocycles. The first-order valence-corrected chi connectivity index (χ1v) is 7.00. The molecule has 0 unspecified atom stereocenters. The summed E-state index contributed by atoms with van der Waals surface area (Å²) in [5.74, 6) is 0.498. The van der Waals surface area contributed by atoms with Crippen LogP contribution >= 0.6 is 0 Å². The van der Waals surface area contributed by atoms with Crippen LogP contribution in [0, 0.1) is 0 Å². The van der Waals surface area contributed by atoms with Crippen molar-refractivity contribution in [3.05, 3.63) is 42.0 Å². The molecular weight excluding hydrogens is 328 g/mol. The lowest BCUT2D eigenvalue weighted by Gasteiger charge is -2.08. The molecule has 0 aliphatic carbocycles. The van der Waals surface area contributed by atoms with Crippen LogP contribution in [0.25, 0.3) is 11.4 Å². The third-order valence-corrected chi connectivity index (χ3v) is 3.12. The third kappa shape index (κ3) is 4.79. The van der Waals surface area contributed by atoms with Gasteiger partial charge in [0.1, 0.15) is 18.8 Å². The van der Waals surface area contributed by atoms with Crippen molar-refractivity contribution >= 4 is 0 Å². The van der Waals surface area contributed by atoms with Gasteiger partial charge in [-0.25, -0.2) is 14.1 Å². The minimum absolute atomic E-state index is 0.0199. The van der Waals surface area contributed by atoms with Gasteiger partial charge in [-0.1, -0.05) is 0 Å². The Morgan fingerprint density at radius 2 is 1.96 bits per heavy atom. The Labute approximate surface area is 135 Å². The molecule has 0 spiro atoms. The van der Waals surface area contributed by atoms with E-state index in [0.717, 1.165) is 0 Å². The summed E-state index contributed by atoms with van der Waals surface area (Å²) >= 11 is 0. The van der Waals surface area contributed by atoms with Gasteiger partial charge in [0.05, 0.1) is 6.33 Å². The lowest BCUT2D eigenvalue weighted by atomic mass is 10.2. The molecule has 0 aliphatic rings. The summed E-state index contributed by atoms with van der Waals surface area (Å²) in [5.41, 5.74) is 6.22. The molecule has 2 N–H and O–H groups in total. The monoisotopic (exact) mass is 344 g/mol. The molecule has 130 valence electrons. The number of aromatic nitrogens is 3. The van der Waals surface area contributed by atoms with Crippen molar-refractivity contribution in [2.75, 3.05) is 13.2 Å². The fourth-order valence-electron chi connectivity index (χ4n) is 1.95. The number of hydrogen-bond acceptors (Lipinski definition) is 4. The second-order valence-electron chi connectivity index (χ2n) is 5.05. The maximum absolute atomic E-state index is 12.4. The largest absolute Gasteiger partial charge is 0.489 e. The third-order valence-electron chi connectivity index (χ3n) is 3.12. The van der Waals surface area contributed by atoms with Gasteiger partial charge in [-0.05, 0) is 24.3 Å². The van der Waals surface area contributed by atoms with Crippen LogP contribution in [0.5, 0.6) is 5.75 Å². The lowest BCUT2D eigenvalue weighted by molar-refractivity contribution is -0.128. The molecule has 9 heteroatoms. The second-order valence-corrected chi connectivity index (χ2v) is 5.05. The van der Waals surface area contributed by atoms with Crippen molar-refractivity contribution in [2.45, 2.75) is 12.6 Å². The fourth-order valence-corrected chi connectivity index (χ4v) is 1.95. The van der Waals surface area contributed by atoms with E-state index in [4.69, 9.17) is 10.5 Å². The van der Waals surface area contributed by atoms with Crippen molar-refractivity contribution < 1.29 is 22.3 Å². The van der Waals surface area contributed by atoms with Crippen LogP contribution < -0.4 is 10.5 Å². The highest BCUT2D eigenvalue weighted by Gasteiger charge is 2.30. The van der Waals surface area contributed by atoms with E-state index in [1.165, 1.54) is 11.7 Å². The number of nitrogens with zero attached hydrogens (tertiary/aromatic N) is 3. The highest BCUT2D eigenvalue weighted by atomic mass is 19.4. The summed E-state index contributed by atoms with van der Waals surface area (Å²) in [6, 6.07) is 6.50. The van der Waals surface area contributed by atoms with E-state index in [2.05, 4.69) is 10.1 Å². The van der Waals surface area contributed by atoms with Crippen LogP contribution in [0.15, 0.2) is 36.2 Å². The van der Waals surface area contributed by atoms with Gasteiger partial charge in [0.25, 0.3) is 0 Å². The highest BCUT2D eigenvalue weighted by molar-refractivity contribution is 5.56. The molecule has 0 amide bonds. The first-order valence-electron chi connectivity index (χ1n) is 7.00. The molecule has 1 heterocycles. The molecule has 24 heavy (non-hydrogen) atoms. The van der Waals surface area contributed by atoms with Crippen molar-refractivity contribution in [1.82, 2.24) is 14.8 Å². The fraction of sp³-hybridized carbons (Fsp3) is 0.333. The molecule has 0 aliphatic heterocycles. The van der Waals surface area contributed by atoms with Gasteiger partial charge in [-0.15, -0.1) is 0 Å². The topological polar surface area (TPSA) is 66.0 Å². The van der Waals surface area contributed by atoms with Crippen molar-refractivity contribution in [3.63, 3.8) is 0 Å². The van der Waals surface area contributed by atoms with E-state index >= 15 is 0 Å². The lowest BCUT2D eigenvalue weighted by Crippen LogP contribution is -2.12. The van der Waals surface area contributed by atoms with Crippen LogP contribution in [0.4, 0.5) is 17.6 Å². The van der Waals surface area contributed by atoms with Crippen molar-refractivity contribution in [2.24, 2.45) is 12.8 Å². The van der Waals surface area contributed by atoms with Gasteiger partial charge in [0, 0.05) is 24.7 Å². The number of benzene rings is 1. The van der Waals surface area contributed by atoms with E-state index in [1.54, 1.807) is 24.3 Å². The number of rotatable bonds is 6. The van der Waals surface area contributed by atoms with E-state index < -0.39 is 12.6 Å². The van der Waals surface area contributed by atoms with Gasteiger partial charge in [-0.3, -0.25) is 0 Å². The highest BCUT2D eigenvalue weighted by Crippen LogP contribution is 2.24. The first-order chi connectivity index (χ1) is 11.3. The van der Waals surface area contributed by atoms with Crippen LogP contribution in [-0.4, -0.2) is 34.1 Å². The predicted octanol–water partition coefficient (Wildman–Crippen LogP) is 2.78. The molecule has 0 atom stereocenters. The summed E-state index contributed by atoms with van der Waals surface area (Å²) in [6.45, 7) is 0.0710. The van der Waals surface area contributed by atoms with Gasteiger partial charge in [0.15, 0.2) is 11.6 Å². The van der Waals surface area contributed by atoms with Crippen LogP contribution in [0.3, 0.4) is 0 Å². The maximum atomic E-state index is 12.4. The second kappa shape index (κ2) is 7.43. The maximum Gasteiger partial charge on any atom is 0.396 e. The SMILES string of the molecule is Cn1nc(CC(F)(F)F)nc1-c1ccc(OC/C(=C\F)CN)cc1. The smallest absolute Gasteiger partial charge is 0.396 e. The molecule has 0 radical (unpaired) electrons. The van der Waals surface area contributed by atoms with Crippen molar-refractivity contribution in [1.29, 1.82) is 0 Å². The Morgan fingerprint density at radius 3 is 2.50 bits per heavy atom. The molecule has 0 fully saturated rings. The Balaban J connectivity index is 2.10. The number of alkyl halides is 3. The number of halogens is 4. The Morgan fingerprint density at radius 1 is 1.29 bits per heavy atom. The van der Waals surface area contributed by atoms with E-state index in [0.29, 0.717) is 29.0 Å². The van der Waals surface area contributed by atoms with E-state index in [9.17, 15) is 17.6 Å². The normalized spacial score (nSPS) is 12.5. The Bertz CT molecular complexity index is 707. The molecule has 2 aromatic rings. The molecule has 0 bridgehead atoms. The quantitative estimate of drug-likeness (QED) is 0.819. The average Bonchev–Trinajstić information content (AvgIpc) is 2.87. The van der Waals surface area contributed by atoms with E-state index in [1.807, 2.05) is 0 Å². The van der Waals surface area contributed by atoms with Crippen molar-refractivity contribution in [3.8, 4) is 17.1 Å². The molecular formula is C15H16F4N4O. The number of ether oxygens (including phenoxy) is 1. The first kappa shape index (κ1) is 17.9. The average molecular weight is 344 g/mol. The number of nitrogens with two attached hydrogens (primary N) is 1. The minimum atomic E-state index is -4.36. The van der Waals surface area contributed by atoms with Gasteiger partial charge in [-0.2, -0.15) is 18.3 Å².